The maximum atomic E-state index is 10.5. The molecule has 0 saturated carbocycles. The van der Waals surface area contributed by atoms with Gasteiger partial charge in [-0.1, -0.05) is 20.8 Å². The van der Waals surface area contributed by atoms with E-state index >= 15 is 0 Å². The normalized spacial score (nSPS) is 23.5. The van der Waals surface area contributed by atoms with Gasteiger partial charge in [0.15, 0.2) is 0 Å². The van der Waals surface area contributed by atoms with Crippen LogP contribution in [0.2, 0.25) is 0 Å². The second-order valence-corrected chi connectivity index (χ2v) is 2.41. The molecule has 3 heteroatoms. The second-order valence-electron chi connectivity index (χ2n) is 2.41. The lowest BCUT2D eigenvalue weighted by molar-refractivity contribution is 0.152. The molecule has 0 aliphatic carbocycles. The number of carbonyl (C=O) groups is 1. The van der Waals surface area contributed by atoms with E-state index in [1.54, 1.807) is 0 Å². The van der Waals surface area contributed by atoms with Crippen molar-refractivity contribution in [2.45, 2.75) is 27.2 Å². The van der Waals surface area contributed by atoms with Crippen LogP contribution in [0.3, 0.4) is 0 Å². The van der Waals surface area contributed by atoms with Gasteiger partial charge in [0.05, 0.1) is 6.61 Å². The molecule has 1 N–H and O–H groups in total. The van der Waals surface area contributed by atoms with Gasteiger partial charge < -0.3 is 10.1 Å². The molecule has 68 valence electrons. The summed E-state index contributed by atoms with van der Waals surface area (Å²) in [5.74, 6) is 0.552. The highest BCUT2D eigenvalue weighted by Gasteiger charge is 2.10. The lowest BCUT2D eigenvalue weighted by atomic mass is 10.1. The molecule has 1 fully saturated rings. The van der Waals surface area contributed by atoms with Gasteiger partial charge in [-0.05, 0) is 12.3 Å². The highest BCUT2D eigenvalue weighted by atomic mass is 16.5. The molecular formula is C8H19NO2. The van der Waals surface area contributed by atoms with E-state index in [1.807, 2.05) is 13.8 Å². The molecular weight excluding hydrogens is 142 g/mol. The number of ether oxygens (including phenoxy) is 1. The Balaban J connectivity index is 0. The van der Waals surface area contributed by atoms with E-state index < -0.39 is 0 Å². The van der Waals surface area contributed by atoms with Crippen molar-refractivity contribution >= 4 is 6.09 Å². The lowest BCUT2D eigenvalue weighted by Crippen LogP contribution is -2.24. The number of hydrogen-bond acceptors (Lipinski definition) is 2. The Kier molecular flexibility index (Phi) is 5.61. The van der Waals surface area contributed by atoms with E-state index in [1.165, 1.54) is 0 Å². The number of amides is 1. The van der Waals surface area contributed by atoms with Gasteiger partial charge in [-0.3, -0.25) is 0 Å². The average molecular weight is 161 g/mol. The smallest absolute Gasteiger partial charge is 0.407 e. The van der Waals surface area contributed by atoms with Crippen molar-refractivity contribution in [1.29, 1.82) is 0 Å². The highest BCUT2D eigenvalue weighted by Crippen LogP contribution is 2.03. The molecule has 1 saturated heterocycles. The van der Waals surface area contributed by atoms with Crippen molar-refractivity contribution < 1.29 is 11.0 Å². The Morgan fingerprint density at radius 1 is 1.64 bits per heavy atom. The first kappa shape index (κ1) is 10.3. The Morgan fingerprint density at radius 2 is 2.27 bits per heavy atom. The first-order valence-corrected chi connectivity index (χ1v) is 4.19. The van der Waals surface area contributed by atoms with Gasteiger partial charge in [0, 0.05) is 7.97 Å². The minimum absolute atomic E-state index is 0. The molecule has 0 aromatic heterocycles. The van der Waals surface area contributed by atoms with Crippen LogP contribution in [0.1, 0.15) is 28.6 Å². The molecule has 1 heterocycles. The zero-order valence-corrected chi connectivity index (χ0v) is 7.52. The first-order chi connectivity index (χ1) is 5.29. The maximum absolute atomic E-state index is 10.5. The number of alkyl carbamates (subject to hydrolysis) is 1. The van der Waals surface area contributed by atoms with E-state index in [0.717, 1.165) is 13.0 Å². The molecule has 1 rings (SSSR count). The molecule has 1 amide bonds. The van der Waals surface area contributed by atoms with Crippen LogP contribution in [0, 0.1) is 5.92 Å². The van der Waals surface area contributed by atoms with Crippen LogP contribution in [0.15, 0.2) is 0 Å². The van der Waals surface area contributed by atoms with Gasteiger partial charge in [-0.2, -0.15) is 0 Å². The molecule has 0 radical (unpaired) electrons. The van der Waals surface area contributed by atoms with Crippen LogP contribution < -0.4 is 5.32 Å². The van der Waals surface area contributed by atoms with Crippen LogP contribution >= 0.6 is 0 Å². The third-order valence-corrected chi connectivity index (χ3v) is 1.44. The standard InChI is InChI=1S/C6H11NO2.C2H6.H2/c1-5-2-3-9-6(8)7-4-5;1-2;/h5H,2-4H2,1H3,(H,7,8);1-2H3;1H. The molecule has 0 bridgehead atoms. The van der Waals surface area contributed by atoms with Gasteiger partial charge in [-0.25, -0.2) is 4.79 Å². The number of hydrogen-bond donors (Lipinski definition) is 1. The molecule has 1 aliphatic rings. The molecule has 11 heavy (non-hydrogen) atoms. The van der Waals surface area contributed by atoms with Gasteiger partial charge in [0.1, 0.15) is 0 Å². The maximum Gasteiger partial charge on any atom is 0.407 e. The van der Waals surface area contributed by atoms with Gasteiger partial charge in [0.2, 0.25) is 0 Å². The van der Waals surface area contributed by atoms with Crippen molar-refractivity contribution in [3.63, 3.8) is 0 Å². The molecule has 1 unspecified atom stereocenters. The minimum Gasteiger partial charge on any atom is -0.450 e. The zero-order chi connectivity index (χ0) is 8.69. The van der Waals surface area contributed by atoms with Gasteiger partial charge in [0.25, 0.3) is 0 Å². The van der Waals surface area contributed by atoms with Gasteiger partial charge >= 0.3 is 6.09 Å². The van der Waals surface area contributed by atoms with Crippen LogP contribution in [-0.4, -0.2) is 19.2 Å². The summed E-state index contributed by atoms with van der Waals surface area (Å²) in [6, 6.07) is 0. The summed E-state index contributed by atoms with van der Waals surface area (Å²) in [6.07, 6.45) is 0.693. The van der Waals surface area contributed by atoms with Crippen LogP contribution in [0.25, 0.3) is 0 Å². The number of cyclic esters (lactones) is 1. The van der Waals surface area contributed by atoms with Crippen molar-refractivity contribution in [3.05, 3.63) is 0 Å². The van der Waals surface area contributed by atoms with Crippen LogP contribution in [0.4, 0.5) is 4.79 Å². The quantitative estimate of drug-likeness (QED) is 0.590. The third kappa shape index (κ3) is 4.65. The van der Waals surface area contributed by atoms with E-state index in [0.29, 0.717) is 12.5 Å². The number of nitrogens with one attached hydrogen (secondary N) is 1. The highest BCUT2D eigenvalue weighted by molar-refractivity contribution is 5.67. The lowest BCUT2D eigenvalue weighted by Gasteiger charge is -2.01. The fourth-order valence-corrected chi connectivity index (χ4v) is 0.763. The summed E-state index contributed by atoms with van der Waals surface area (Å²) >= 11 is 0. The minimum atomic E-state index is -0.278. The van der Waals surface area contributed by atoms with E-state index in [4.69, 9.17) is 4.74 Å². The summed E-state index contributed by atoms with van der Waals surface area (Å²) in [5.41, 5.74) is 0. The van der Waals surface area contributed by atoms with Crippen molar-refractivity contribution in [2.75, 3.05) is 13.2 Å². The summed E-state index contributed by atoms with van der Waals surface area (Å²) < 4.78 is 4.72. The first-order valence-electron chi connectivity index (χ1n) is 4.19. The predicted molar refractivity (Wildman–Crippen MR) is 46.6 cm³/mol. The van der Waals surface area contributed by atoms with Gasteiger partial charge in [-0.15, -0.1) is 0 Å². The van der Waals surface area contributed by atoms with E-state index in [-0.39, 0.29) is 7.52 Å². The average Bonchev–Trinajstić information content (AvgIpc) is 2.20. The molecule has 1 aliphatic heterocycles. The molecule has 0 aromatic rings. The fraction of sp³-hybridized carbons (Fsp3) is 0.875. The topological polar surface area (TPSA) is 38.3 Å². The number of rotatable bonds is 0. The summed E-state index contributed by atoms with van der Waals surface area (Å²) in [5, 5.41) is 2.63. The molecule has 1 atom stereocenters. The summed E-state index contributed by atoms with van der Waals surface area (Å²) in [6.45, 7) is 7.40. The fourth-order valence-electron chi connectivity index (χ4n) is 0.763. The molecule has 0 spiro atoms. The molecule has 3 nitrogen and oxygen atoms in total. The number of carbonyl (C=O) groups excluding carboxylic acids is 1. The zero-order valence-electron chi connectivity index (χ0n) is 7.52. The Labute approximate surface area is 69.6 Å². The monoisotopic (exact) mass is 161 g/mol. The largest absolute Gasteiger partial charge is 0.450 e. The van der Waals surface area contributed by atoms with E-state index in [2.05, 4.69) is 12.2 Å². The van der Waals surface area contributed by atoms with Crippen LogP contribution in [0.5, 0.6) is 0 Å². The summed E-state index contributed by atoms with van der Waals surface area (Å²) in [7, 11) is 0. The SMILES string of the molecule is CC.CC1CCOC(=O)NC1.[HH]. The predicted octanol–water partition coefficient (Wildman–Crippen LogP) is 2.02. The second kappa shape index (κ2) is 6.01. The Morgan fingerprint density at radius 3 is 2.91 bits per heavy atom. The molecule has 0 aromatic carbocycles. The Hall–Kier alpha value is -0.730. The third-order valence-electron chi connectivity index (χ3n) is 1.44. The van der Waals surface area contributed by atoms with Crippen LogP contribution in [-0.2, 0) is 4.74 Å². The Bertz CT molecular complexity index is 120. The van der Waals surface area contributed by atoms with E-state index in [9.17, 15) is 4.79 Å². The van der Waals surface area contributed by atoms with Crippen molar-refractivity contribution in [3.8, 4) is 0 Å². The van der Waals surface area contributed by atoms with Crippen molar-refractivity contribution in [2.24, 2.45) is 5.92 Å². The van der Waals surface area contributed by atoms with Crippen molar-refractivity contribution in [1.82, 2.24) is 5.32 Å². The summed E-state index contributed by atoms with van der Waals surface area (Å²) in [4.78, 5) is 10.5.